The van der Waals surface area contributed by atoms with Gasteiger partial charge in [-0.25, -0.2) is 9.97 Å². The average Bonchev–Trinajstić information content (AvgIpc) is 3.76. The number of Topliss-reactive ketones (excluding diaryl/α,β-unsaturated/α-hetero) is 2. The molecule has 0 atom stereocenters. The lowest BCUT2D eigenvalue weighted by molar-refractivity contribution is -0.138. The second-order valence-corrected chi connectivity index (χ2v) is 18.8. The highest BCUT2D eigenvalue weighted by Crippen LogP contribution is 2.27. The van der Waals surface area contributed by atoms with Crippen molar-refractivity contribution >= 4 is 127 Å². The molecule has 0 unspecified atom stereocenters. The van der Waals surface area contributed by atoms with Gasteiger partial charge in [0.2, 0.25) is 17.7 Å². The standard InChI is InChI=1S/C23H24Br2N4O3.C12H10BrNO3.C11H15BrN2O/c1-14(2)29(12-22(31)27-10-16-4-7-21(25)26-9-16)23(32)13-28-11-19(15(3)30)18-8-17(24)5-6-20(18)28;1-7(15)10-5-14(6-12(16)17)11-3-2-8(13)4-9(10)11;1-8(2)6-7-11(15)14-10-5-3-4-9(12)13-10/h4-9,11,14H,10,12-13H2,1-3H3,(H,27,31);2-5H,6H2,1H3,(H,16,17);3-5,8H,6-7H2,1-2H3,(H,13,14,15). The molecule has 0 spiro atoms. The van der Waals surface area contributed by atoms with Crippen LogP contribution >= 0.6 is 63.7 Å². The van der Waals surface area contributed by atoms with E-state index in [9.17, 15) is 28.8 Å². The Hall–Kier alpha value is -5.04. The lowest BCUT2D eigenvalue weighted by Crippen LogP contribution is -2.45. The highest BCUT2D eigenvalue weighted by atomic mass is 79.9. The molecule has 4 aromatic heterocycles. The number of benzene rings is 2. The van der Waals surface area contributed by atoms with Gasteiger partial charge >= 0.3 is 5.97 Å². The van der Waals surface area contributed by atoms with Crippen molar-refractivity contribution in [2.75, 3.05) is 11.9 Å². The SMILES string of the molecule is CC(=O)c1cn(CC(=O)N(CC(=O)NCc2ccc(Br)nc2)C(C)C)c2ccc(Br)cc12.CC(=O)c1cn(CC(=O)O)c2ccc(Br)cc12.CC(C)CCC(=O)Nc1cccc(Br)n1. The molecule has 0 aliphatic heterocycles. The number of anilines is 1. The van der Waals surface area contributed by atoms with Crippen molar-refractivity contribution in [1.82, 2.24) is 29.3 Å². The van der Waals surface area contributed by atoms with Crippen molar-refractivity contribution in [2.45, 2.75) is 80.1 Å². The predicted molar refractivity (Wildman–Crippen MR) is 262 cm³/mol. The second kappa shape index (κ2) is 24.3. The van der Waals surface area contributed by atoms with Gasteiger partial charge in [-0.05, 0) is 132 Å². The second-order valence-electron chi connectivity index (χ2n) is 15.4. The van der Waals surface area contributed by atoms with Crippen LogP contribution in [0.2, 0.25) is 0 Å². The normalized spacial score (nSPS) is 10.8. The summed E-state index contributed by atoms with van der Waals surface area (Å²) in [7, 11) is 0. The van der Waals surface area contributed by atoms with Crippen LogP contribution in [0, 0.1) is 5.92 Å². The van der Waals surface area contributed by atoms with E-state index in [1.54, 1.807) is 45.9 Å². The van der Waals surface area contributed by atoms with E-state index in [0.29, 0.717) is 35.8 Å². The number of nitrogens with one attached hydrogen (secondary N) is 2. The smallest absolute Gasteiger partial charge is 0.323 e. The maximum Gasteiger partial charge on any atom is 0.323 e. The highest BCUT2D eigenvalue weighted by Gasteiger charge is 2.22. The molecule has 3 N–H and O–H groups in total. The number of aromatic nitrogens is 4. The van der Waals surface area contributed by atoms with E-state index < -0.39 is 5.97 Å². The number of carboxylic acids is 1. The molecule has 3 amide bonds. The molecular weight excluding hydrogens is 1080 g/mol. The van der Waals surface area contributed by atoms with Gasteiger partial charge < -0.3 is 29.8 Å². The van der Waals surface area contributed by atoms with Crippen LogP contribution in [-0.4, -0.2) is 77.0 Å². The summed E-state index contributed by atoms with van der Waals surface area (Å²) < 4.78 is 6.51. The van der Waals surface area contributed by atoms with Crippen LogP contribution in [0.4, 0.5) is 5.82 Å². The fraction of sp³-hybridized carbons (Fsp3) is 0.304. The van der Waals surface area contributed by atoms with Crippen molar-refractivity contribution in [2.24, 2.45) is 5.92 Å². The maximum absolute atomic E-state index is 13.1. The molecule has 14 nitrogen and oxygen atoms in total. The van der Waals surface area contributed by atoms with Crippen LogP contribution in [0.1, 0.15) is 80.7 Å². The largest absolute Gasteiger partial charge is 0.480 e. The highest BCUT2D eigenvalue weighted by molar-refractivity contribution is 9.11. The number of aliphatic carboxylic acids is 1. The first-order chi connectivity index (χ1) is 30.2. The van der Waals surface area contributed by atoms with Gasteiger partial charge in [0.05, 0.1) is 6.54 Å². The first-order valence-electron chi connectivity index (χ1n) is 20.1. The maximum atomic E-state index is 13.1. The number of rotatable bonds is 15. The van der Waals surface area contributed by atoms with E-state index in [1.807, 2.05) is 62.4 Å². The Kier molecular flexibility index (Phi) is 19.6. The molecule has 6 rings (SSSR count). The summed E-state index contributed by atoms with van der Waals surface area (Å²) in [4.78, 5) is 81.2. The summed E-state index contributed by atoms with van der Waals surface area (Å²) >= 11 is 13.3. The first kappa shape index (κ1) is 51.6. The Balaban J connectivity index is 0.000000235. The summed E-state index contributed by atoms with van der Waals surface area (Å²) in [6, 6.07) is 20.0. The average molecular weight is 1130 g/mol. The summed E-state index contributed by atoms with van der Waals surface area (Å²) in [6.45, 7) is 11.1. The predicted octanol–water partition coefficient (Wildman–Crippen LogP) is 10.2. The molecule has 0 saturated carbocycles. The fourth-order valence-corrected chi connectivity index (χ4v) is 7.63. The molecular formula is C46H49Br4N7O7. The molecule has 0 fully saturated rings. The van der Waals surface area contributed by atoms with Crippen molar-refractivity contribution in [3.05, 3.63) is 120 Å². The number of amides is 3. The molecule has 0 aliphatic rings. The first-order valence-corrected chi connectivity index (χ1v) is 23.3. The number of fused-ring (bicyclic) bond motifs is 2. The molecule has 0 aliphatic carbocycles. The van der Waals surface area contributed by atoms with Gasteiger partial charge in [-0.3, -0.25) is 28.8 Å². The Bertz CT molecular complexity index is 2640. The van der Waals surface area contributed by atoms with Crippen molar-refractivity contribution < 1.29 is 33.9 Å². The molecule has 64 heavy (non-hydrogen) atoms. The number of halogens is 4. The zero-order chi connectivity index (χ0) is 47.2. The van der Waals surface area contributed by atoms with Gasteiger partial charge in [-0.15, -0.1) is 0 Å². The number of ketones is 2. The van der Waals surface area contributed by atoms with Gasteiger partial charge in [-0.2, -0.15) is 0 Å². The molecule has 4 heterocycles. The van der Waals surface area contributed by atoms with Gasteiger partial charge in [0, 0.05) is 79.5 Å². The minimum atomic E-state index is -0.931. The number of carboxylic acid groups (broad SMARTS) is 1. The zero-order valence-corrected chi connectivity index (χ0v) is 42.5. The lowest BCUT2D eigenvalue weighted by atomic mass is 10.1. The van der Waals surface area contributed by atoms with Crippen molar-refractivity contribution in [3.8, 4) is 0 Å². The monoisotopic (exact) mass is 1130 g/mol. The van der Waals surface area contributed by atoms with Crippen LogP contribution in [0.25, 0.3) is 21.8 Å². The minimum absolute atomic E-state index is 0.0225. The van der Waals surface area contributed by atoms with Gasteiger partial charge in [0.25, 0.3) is 0 Å². The number of nitrogens with zero attached hydrogens (tertiary/aromatic N) is 5. The molecule has 0 bridgehead atoms. The van der Waals surface area contributed by atoms with E-state index in [1.165, 1.54) is 18.7 Å². The van der Waals surface area contributed by atoms with Crippen molar-refractivity contribution in [1.29, 1.82) is 0 Å². The summed E-state index contributed by atoms with van der Waals surface area (Å²) in [5.74, 6) is -0.353. The third kappa shape index (κ3) is 15.6. The summed E-state index contributed by atoms with van der Waals surface area (Å²) in [6.07, 6.45) is 6.42. The number of pyridine rings is 2. The van der Waals surface area contributed by atoms with Gasteiger partial charge in [-0.1, -0.05) is 57.8 Å². The van der Waals surface area contributed by atoms with E-state index in [-0.39, 0.29) is 55.0 Å². The number of carbonyl (C=O) groups excluding carboxylic acids is 5. The van der Waals surface area contributed by atoms with E-state index in [4.69, 9.17) is 5.11 Å². The molecule has 6 aromatic rings. The third-order valence-corrected chi connectivity index (χ3v) is 11.4. The van der Waals surface area contributed by atoms with Crippen LogP contribution in [0.5, 0.6) is 0 Å². The topological polar surface area (TPSA) is 186 Å². The van der Waals surface area contributed by atoms with Crippen LogP contribution < -0.4 is 10.6 Å². The number of hydrogen-bond acceptors (Lipinski definition) is 8. The van der Waals surface area contributed by atoms with Crippen LogP contribution in [0.3, 0.4) is 0 Å². The van der Waals surface area contributed by atoms with Gasteiger partial charge in [0.15, 0.2) is 11.6 Å². The van der Waals surface area contributed by atoms with Crippen LogP contribution in [0.15, 0.2) is 103 Å². The van der Waals surface area contributed by atoms with Crippen LogP contribution in [-0.2, 0) is 38.8 Å². The fourth-order valence-electron chi connectivity index (χ4n) is 6.33. The number of hydrogen-bond donors (Lipinski definition) is 3. The Morgan fingerprint density at radius 1 is 0.734 bits per heavy atom. The Morgan fingerprint density at radius 3 is 1.80 bits per heavy atom. The van der Waals surface area contributed by atoms with E-state index in [0.717, 1.165) is 51.9 Å². The van der Waals surface area contributed by atoms with Crippen molar-refractivity contribution in [3.63, 3.8) is 0 Å². The number of carbonyl (C=O) groups is 6. The van der Waals surface area contributed by atoms with Gasteiger partial charge in [0.1, 0.15) is 28.1 Å². The van der Waals surface area contributed by atoms with E-state index >= 15 is 0 Å². The molecule has 338 valence electrons. The quantitative estimate of drug-likeness (QED) is 0.0665. The van der Waals surface area contributed by atoms with E-state index in [2.05, 4.69) is 98.2 Å². The minimum Gasteiger partial charge on any atom is -0.480 e. The Labute approximate surface area is 405 Å². The molecule has 0 saturated heterocycles. The summed E-state index contributed by atoms with van der Waals surface area (Å²) in [5, 5.41) is 16.0. The zero-order valence-electron chi connectivity index (χ0n) is 36.1. The Morgan fingerprint density at radius 2 is 1.31 bits per heavy atom. The summed E-state index contributed by atoms with van der Waals surface area (Å²) in [5.41, 5.74) is 3.52. The molecule has 0 radical (unpaired) electrons. The lowest BCUT2D eigenvalue weighted by Gasteiger charge is -2.26. The molecule has 2 aromatic carbocycles. The third-order valence-electron chi connectivity index (χ3n) is 9.52. The molecule has 18 heteroatoms.